The Morgan fingerprint density at radius 2 is 2.20 bits per heavy atom. The molecule has 1 atom stereocenters. The number of ether oxygens (including phenoxy) is 2. The number of hydrogen-bond acceptors (Lipinski definition) is 8. The first-order valence-electron chi connectivity index (χ1n) is 9.69. The van der Waals surface area contributed by atoms with Crippen LogP contribution in [0, 0.1) is 12.7 Å². The number of hydrogen-bond donors (Lipinski definition) is 1. The fourth-order valence-corrected chi connectivity index (χ4v) is 4.26. The molecule has 1 aromatic carbocycles. The first kappa shape index (κ1) is 20.6. The smallest absolute Gasteiger partial charge is 0.338 e. The standard InChI is InChI=1S/C21H23FN4O3S/c1-13-11-14(22)3-4-15(13)18-17(21(27)28-2)16(12-26-6-8-29-9-7-26)24-19(25-18)20-23-5-10-30-20/h3-5,10-11,18H,6-9,12H2,1-2H3,(H,24,25)/t18-/m0/s1. The zero-order valence-electron chi connectivity index (χ0n) is 16.9. The van der Waals surface area contributed by atoms with Crippen molar-refractivity contribution < 1.29 is 18.7 Å². The highest BCUT2D eigenvalue weighted by atomic mass is 32.1. The third kappa shape index (κ3) is 4.28. The Morgan fingerprint density at radius 3 is 2.87 bits per heavy atom. The largest absolute Gasteiger partial charge is 0.466 e. The zero-order chi connectivity index (χ0) is 21.1. The van der Waals surface area contributed by atoms with Crippen molar-refractivity contribution in [3.8, 4) is 0 Å². The predicted molar refractivity (Wildman–Crippen MR) is 112 cm³/mol. The number of nitrogens with zero attached hydrogens (tertiary/aromatic N) is 3. The molecule has 1 N–H and O–H groups in total. The lowest BCUT2D eigenvalue weighted by Crippen LogP contribution is -2.43. The molecule has 7 nitrogen and oxygen atoms in total. The first-order valence-corrected chi connectivity index (χ1v) is 10.6. The van der Waals surface area contributed by atoms with E-state index in [1.165, 1.54) is 30.6 Å². The van der Waals surface area contributed by atoms with Crippen molar-refractivity contribution in [1.29, 1.82) is 0 Å². The molecule has 0 bridgehead atoms. The highest BCUT2D eigenvalue weighted by Crippen LogP contribution is 2.34. The molecule has 9 heteroatoms. The van der Waals surface area contributed by atoms with E-state index in [0.717, 1.165) is 34.9 Å². The minimum Gasteiger partial charge on any atom is -0.466 e. The SMILES string of the molecule is COC(=O)C1=C(CN2CCOCC2)NC(c2nccs2)=N[C@H]1c1ccc(F)cc1C. The summed E-state index contributed by atoms with van der Waals surface area (Å²) in [4.78, 5) is 24.2. The van der Waals surface area contributed by atoms with Gasteiger partial charge in [0, 0.05) is 36.9 Å². The number of esters is 1. The number of amidine groups is 1. The Balaban J connectivity index is 1.81. The van der Waals surface area contributed by atoms with Gasteiger partial charge in [-0.25, -0.2) is 14.2 Å². The quantitative estimate of drug-likeness (QED) is 0.735. The summed E-state index contributed by atoms with van der Waals surface area (Å²) in [6.45, 7) is 5.17. The predicted octanol–water partition coefficient (Wildman–Crippen LogP) is 2.44. The topological polar surface area (TPSA) is 76.0 Å². The van der Waals surface area contributed by atoms with Crippen LogP contribution in [0.2, 0.25) is 0 Å². The maximum atomic E-state index is 13.7. The number of aromatic nitrogens is 1. The molecule has 0 saturated carbocycles. The molecule has 0 unspecified atom stereocenters. The van der Waals surface area contributed by atoms with Gasteiger partial charge >= 0.3 is 5.97 Å². The summed E-state index contributed by atoms with van der Waals surface area (Å²) in [6.07, 6.45) is 1.71. The van der Waals surface area contributed by atoms with Crippen LogP contribution in [-0.2, 0) is 14.3 Å². The van der Waals surface area contributed by atoms with Crippen LogP contribution in [-0.4, -0.2) is 61.6 Å². The van der Waals surface area contributed by atoms with Crippen LogP contribution in [0.3, 0.4) is 0 Å². The molecule has 1 saturated heterocycles. The number of nitrogens with one attached hydrogen (secondary N) is 1. The second-order valence-corrected chi connectivity index (χ2v) is 8.01. The third-order valence-electron chi connectivity index (χ3n) is 5.18. The Morgan fingerprint density at radius 1 is 1.40 bits per heavy atom. The summed E-state index contributed by atoms with van der Waals surface area (Å²) in [5.41, 5.74) is 2.62. The summed E-state index contributed by atoms with van der Waals surface area (Å²) in [7, 11) is 1.36. The molecule has 0 amide bonds. The van der Waals surface area contributed by atoms with Crippen molar-refractivity contribution in [2.75, 3.05) is 40.0 Å². The van der Waals surface area contributed by atoms with E-state index in [1.807, 2.05) is 12.3 Å². The summed E-state index contributed by atoms with van der Waals surface area (Å²) in [5, 5.41) is 5.92. The van der Waals surface area contributed by atoms with E-state index in [9.17, 15) is 9.18 Å². The Kier molecular flexibility index (Phi) is 6.21. The molecule has 0 aliphatic carbocycles. The van der Waals surface area contributed by atoms with Gasteiger partial charge in [-0.3, -0.25) is 9.89 Å². The highest BCUT2D eigenvalue weighted by molar-refractivity contribution is 7.11. The first-order chi connectivity index (χ1) is 14.6. The average molecular weight is 431 g/mol. The van der Waals surface area contributed by atoms with Crippen LogP contribution < -0.4 is 5.32 Å². The number of thiazole rings is 1. The van der Waals surface area contributed by atoms with Gasteiger partial charge in [0.1, 0.15) is 11.9 Å². The lowest BCUT2D eigenvalue weighted by Gasteiger charge is -2.32. The van der Waals surface area contributed by atoms with Crippen LogP contribution in [0.4, 0.5) is 4.39 Å². The lowest BCUT2D eigenvalue weighted by molar-refractivity contribution is -0.136. The van der Waals surface area contributed by atoms with Crippen molar-refractivity contribution in [3.63, 3.8) is 0 Å². The minimum absolute atomic E-state index is 0.327. The van der Waals surface area contributed by atoms with Gasteiger partial charge in [-0.05, 0) is 30.2 Å². The minimum atomic E-state index is -0.616. The monoisotopic (exact) mass is 430 g/mol. The molecule has 1 fully saturated rings. The van der Waals surface area contributed by atoms with Crippen molar-refractivity contribution in [1.82, 2.24) is 15.2 Å². The second-order valence-electron chi connectivity index (χ2n) is 7.12. The molecule has 158 valence electrons. The van der Waals surface area contributed by atoms with E-state index in [1.54, 1.807) is 12.3 Å². The van der Waals surface area contributed by atoms with Crippen LogP contribution in [0.1, 0.15) is 22.2 Å². The van der Waals surface area contributed by atoms with Gasteiger partial charge in [0.2, 0.25) is 0 Å². The molecule has 0 spiro atoms. The van der Waals surface area contributed by atoms with Gasteiger partial charge in [0.05, 0.1) is 25.9 Å². The van der Waals surface area contributed by atoms with Crippen LogP contribution in [0.15, 0.2) is 46.0 Å². The number of aliphatic imine (C=N–C) groups is 1. The molecule has 0 radical (unpaired) electrons. The van der Waals surface area contributed by atoms with Gasteiger partial charge in [-0.1, -0.05) is 6.07 Å². The Labute approximate surface area is 178 Å². The number of morpholine rings is 1. The summed E-state index contributed by atoms with van der Waals surface area (Å²) in [6, 6.07) is 3.90. The number of carbonyl (C=O) groups is 1. The maximum Gasteiger partial charge on any atom is 0.338 e. The van der Waals surface area contributed by atoms with Gasteiger partial charge < -0.3 is 14.8 Å². The molecule has 3 heterocycles. The van der Waals surface area contributed by atoms with Gasteiger partial charge in [-0.2, -0.15) is 0 Å². The van der Waals surface area contributed by atoms with Crippen molar-refractivity contribution in [2.45, 2.75) is 13.0 Å². The van der Waals surface area contributed by atoms with Crippen LogP contribution in [0.25, 0.3) is 0 Å². The van der Waals surface area contributed by atoms with E-state index < -0.39 is 12.0 Å². The third-order valence-corrected chi connectivity index (χ3v) is 5.96. The van der Waals surface area contributed by atoms with Gasteiger partial charge in [0.25, 0.3) is 0 Å². The van der Waals surface area contributed by atoms with Gasteiger partial charge in [-0.15, -0.1) is 11.3 Å². The zero-order valence-corrected chi connectivity index (χ0v) is 17.7. The maximum absolute atomic E-state index is 13.7. The summed E-state index contributed by atoms with van der Waals surface area (Å²) >= 11 is 1.46. The molecule has 2 aromatic rings. The number of benzene rings is 1. The Hall–Kier alpha value is -2.62. The lowest BCUT2D eigenvalue weighted by atomic mass is 9.92. The summed E-state index contributed by atoms with van der Waals surface area (Å²) in [5.74, 6) is -0.192. The molecule has 4 rings (SSSR count). The number of aryl methyl sites for hydroxylation is 1. The van der Waals surface area contributed by atoms with Crippen molar-refractivity contribution in [3.05, 3.63) is 63.0 Å². The number of methoxy groups -OCH3 is 1. The van der Waals surface area contributed by atoms with Crippen molar-refractivity contribution in [2.24, 2.45) is 4.99 Å². The average Bonchev–Trinajstić information content (AvgIpc) is 3.28. The van der Waals surface area contributed by atoms with Crippen LogP contribution >= 0.6 is 11.3 Å². The highest BCUT2D eigenvalue weighted by Gasteiger charge is 2.34. The molecular formula is C21H23FN4O3S. The molecule has 1 aromatic heterocycles. The molecule has 30 heavy (non-hydrogen) atoms. The fourth-order valence-electron chi connectivity index (χ4n) is 3.67. The van der Waals surface area contributed by atoms with E-state index in [0.29, 0.717) is 31.2 Å². The van der Waals surface area contributed by atoms with E-state index in [4.69, 9.17) is 14.5 Å². The number of halogens is 1. The van der Waals surface area contributed by atoms with Crippen molar-refractivity contribution >= 4 is 23.1 Å². The molecule has 2 aliphatic heterocycles. The normalized spacial score (nSPS) is 20.0. The number of rotatable bonds is 5. The fraction of sp³-hybridized carbons (Fsp3) is 0.381. The summed E-state index contributed by atoms with van der Waals surface area (Å²) < 4.78 is 24.3. The van der Waals surface area contributed by atoms with Gasteiger partial charge in [0.15, 0.2) is 10.8 Å². The van der Waals surface area contributed by atoms with Crippen LogP contribution in [0.5, 0.6) is 0 Å². The van der Waals surface area contributed by atoms with E-state index >= 15 is 0 Å². The van der Waals surface area contributed by atoms with E-state index in [-0.39, 0.29) is 5.82 Å². The second kappa shape index (κ2) is 9.03. The molecular weight excluding hydrogens is 407 g/mol. The number of carbonyl (C=O) groups excluding carboxylic acids is 1. The van der Waals surface area contributed by atoms with E-state index in [2.05, 4.69) is 15.2 Å². The Bertz CT molecular complexity index is 984. The molecule has 2 aliphatic rings.